The number of nitrogens with zero attached hydrogens (tertiary/aromatic N) is 4. The minimum atomic E-state index is -1.60. The monoisotopic (exact) mass is 472 g/mol. The first-order valence-electron chi connectivity index (χ1n) is 11.4. The standard InChI is InChI=1S/C26H25FN6O2/c1-5-17-6-8-22(28-12-17)26(33-34,23-9-7-19(27)13-29-23)20-10-18(24-14(2)32-35-15(24)3)11-21-25(20)31-16(4)30-21/h6-12,29H,5,13H2,1-4H3,(H,30,31). The molecule has 0 aliphatic carbocycles. The summed E-state index contributed by atoms with van der Waals surface area (Å²) in [6.07, 6.45) is 5.43. The van der Waals surface area contributed by atoms with Gasteiger partial charge in [-0.2, -0.15) is 0 Å². The molecule has 178 valence electrons. The summed E-state index contributed by atoms with van der Waals surface area (Å²) in [5.41, 5.74) is 4.43. The third kappa shape index (κ3) is 3.63. The second-order valence-electron chi connectivity index (χ2n) is 8.70. The zero-order chi connectivity index (χ0) is 24.7. The van der Waals surface area contributed by atoms with E-state index in [0.29, 0.717) is 34.1 Å². The number of nitroso groups, excluding NO2 is 1. The lowest BCUT2D eigenvalue weighted by molar-refractivity contribution is 0.393. The summed E-state index contributed by atoms with van der Waals surface area (Å²) in [4.78, 5) is 25.6. The predicted octanol–water partition coefficient (Wildman–Crippen LogP) is 5.45. The number of halogens is 1. The zero-order valence-corrected chi connectivity index (χ0v) is 19.9. The predicted molar refractivity (Wildman–Crippen MR) is 131 cm³/mol. The number of imidazole rings is 1. The van der Waals surface area contributed by atoms with Gasteiger partial charge in [0.25, 0.3) is 0 Å². The molecule has 0 fully saturated rings. The molecule has 8 nitrogen and oxygen atoms in total. The average molecular weight is 473 g/mol. The van der Waals surface area contributed by atoms with Crippen molar-refractivity contribution in [2.45, 2.75) is 39.7 Å². The molecular weight excluding hydrogens is 447 g/mol. The minimum absolute atomic E-state index is 0.0531. The molecule has 2 N–H and O–H groups in total. The van der Waals surface area contributed by atoms with E-state index in [4.69, 9.17) is 9.51 Å². The number of aryl methyl sites for hydroxylation is 4. The van der Waals surface area contributed by atoms with Crippen molar-refractivity contribution < 1.29 is 8.91 Å². The number of hydrogen-bond acceptors (Lipinski definition) is 7. The lowest BCUT2D eigenvalue weighted by Gasteiger charge is -2.31. The highest BCUT2D eigenvalue weighted by molar-refractivity contribution is 5.88. The molecule has 9 heteroatoms. The Morgan fingerprint density at radius 2 is 2.03 bits per heavy atom. The fourth-order valence-corrected chi connectivity index (χ4v) is 4.69. The normalized spacial score (nSPS) is 15.3. The molecule has 1 aliphatic heterocycles. The average Bonchev–Trinajstić information content (AvgIpc) is 3.41. The summed E-state index contributed by atoms with van der Waals surface area (Å²) in [5.74, 6) is 0.995. The largest absolute Gasteiger partial charge is 0.379 e. The summed E-state index contributed by atoms with van der Waals surface area (Å²) in [5, 5.41) is 10.8. The highest BCUT2D eigenvalue weighted by Crippen LogP contribution is 2.44. The lowest BCUT2D eigenvalue weighted by atomic mass is 9.80. The second-order valence-corrected chi connectivity index (χ2v) is 8.70. The first-order valence-corrected chi connectivity index (χ1v) is 11.4. The van der Waals surface area contributed by atoms with Crippen LogP contribution in [0.25, 0.3) is 22.2 Å². The van der Waals surface area contributed by atoms with Crippen LogP contribution in [0, 0.1) is 25.7 Å². The van der Waals surface area contributed by atoms with Crippen molar-refractivity contribution in [2.24, 2.45) is 5.18 Å². The van der Waals surface area contributed by atoms with Crippen LogP contribution in [0.3, 0.4) is 0 Å². The van der Waals surface area contributed by atoms with Crippen LogP contribution in [0.1, 0.15) is 41.0 Å². The van der Waals surface area contributed by atoms with Crippen LogP contribution in [0.2, 0.25) is 0 Å². The maximum atomic E-state index is 13.9. The summed E-state index contributed by atoms with van der Waals surface area (Å²) in [6, 6.07) is 7.55. The molecule has 5 rings (SSSR count). The summed E-state index contributed by atoms with van der Waals surface area (Å²) in [6.45, 7) is 7.53. The summed E-state index contributed by atoms with van der Waals surface area (Å²) in [7, 11) is 0. The van der Waals surface area contributed by atoms with Crippen molar-refractivity contribution in [1.29, 1.82) is 0 Å². The molecule has 4 aromatic rings. The van der Waals surface area contributed by atoms with Crippen LogP contribution in [-0.4, -0.2) is 26.7 Å². The van der Waals surface area contributed by atoms with E-state index < -0.39 is 5.54 Å². The molecule has 0 saturated carbocycles. The molecule has 0 spiro atoms. The van der Waals surface area contributed by atoms with Crippen molar-refractivity contribution in [3.8, 4) is 11.1 Å². The minimum Gasteiger partial charge on any atom is -0.379 e. The number of allylic oxidation sites excluding steroid dienone is 2. The van der Waals surface area contributed by atoms with E-state index in [9.17, 15) is 9.30 Å². The smallest absolute Gasteiger partial charge is 0.210 e. The molecule has 1 unspecified atom stereocenters. The number of aromatic nitrogens is 4. The number of dihydropyridines is 1. The Balaban J connectivity index is 1.88. The molecule has 1 aromatic carbocycles. The van der Waals surface area contributed by atoms with Gasteiger partial charge in [0.1, 0.15) is 17.4 Å². The Morgan fingerprint density at radius 1 is 1.20 bits per heavy atom. The van der Waals surface area contributed by atoms with E-state index >= 15 is 0 Å². The van der Waals surface area contributed by atoms with Crippen molar-refractivity contribution in [3.63, 3.8) is 0 Å². The van der Waals surface area contributed by atoms with E-state index in [0.717, 1.165) is 34.3 Å². The van der Waals surface area contributed by atoms with E-state index in [1.165, 1.54) is 6.08 Å². The number of pyridine rings is 1. The Bertz CT molecular complexity index is 1480. The summed E-state index contributed by atoms with van der Waals surface area (Å²) >= 11 is 0. The molecule has 35 heavy (non-hydrogen) atoms. The highest BCUT2D eigenvalue weighted by atomic mass is 19.1. The third-order valence-corrected chi connectivity index (χ3v) is 6.43. The fraction of sp³-hybridized carbons (Fsp3) is 0.269. The molecule has 0 saturated heterocycles. The number of aromatic amines is 1. The Morgan fingerprint density at radius 3 is 2.63 bits per heavy atom. The summed E-state index contributed by atoms with van der Waals surface area (Å²) < 4.78 is 19.4. The van der Waals surface area contributed by atoms with Gasteiger partial charge in [0.15, 0.2) is 0 Å². The van der Waals surface area contributed by atoms with Crippen LogP contribution in [-0.2, 0) is 12.0 Å². The van der Waals surface area contributed by atoms with E-state index in [-0.39, 0.29) is 12.4 Å². The van der Waals surface area contributed by atoms with E-state index in [1.54, 1.807) is 18.3 Å². The quantitative estimate of drug-likeness (QED) is 0.361. The van der Waals surface area contributed by atoms with Gasteiger partial charge in [0, 0.05) is 17.3 Å². The maximum Gasteiger partial charge on any atom is 0.210 e. The number of rotatable bonds is 6. The van der Waals surface area contributed by atoms with Crippen molar-refractivity contribution in [2.75, 3.05) is 6.54 Å². The topological polar surface area (TPSA) is 109 Å². The van der Waals surface area contributed by atoms with Gasteiger partial charge < -0.3 is 14.8 Å². The number of benzene rings is 1. The van der Waals surface area contributed by atoms with Crippen LogP contribution >= 0.6 is 0 Å². The van der Waals surface area contributed by atoms with Crippen LogP contribution < -0.4 is 5.32 Å². The van der Waals surface area contributed by atoms with Gasteiger partial charge in [-0.15, -0.1) is 4.91 Å². The van der Waals surface area contributed by atoms with Crippen LogP contribution in [0.4, 0.5) is 4.39 Å². The molecule has 0 amide bonds. The lowest BCUT2D eigenvalue weighted by Crippen LogP contribution is -2.38. The molecule has 3 aromatic heterocycles. The Kier molecular flexibility index (Phi) is 5.55. The van der Waals surface area contributed by atoms with Crippen molar-refractivity contribution in [3.05, 3.63) is 93.1 Å². The molecule has 1 aliphatic rings. The molecule has 1 atom stereocenters. The molecular formula is C26H25FN6O2. The van der Waals surface area contributed by atoms with Gasteiger partial charge in [-0.05, 0) is 73.8 Å². The number of nitrogens with one attached hydrogen (secondary N) is 2. The third-order valence-electron chi connectivity index (χ3n) is 6.43. The molecule has 0 radical (unpaired) electrons. The second kappa shape index (κ2) is 8.57. The Labute approximate surface area is 201 Å². The first kappa shape index (κ1) is 22.6. The number of fused-ring (bicyclic) bond motifs is 1. The van der Waals surface area contributed by atoms with E-state index in [2.05, 4.69) is 25.6 Å². The fourth-order valence-electron chi connectivity index (χ4n) is 4.69. The number of hydrogen-bond donors (Lipinski definition) is 2. The molecule has 0 bridgehead atoms. The van der Waals surface area contributed by atoms with Crippen molar-refractivity contribution >= 4 is 11.0 Å². The van der Waals surface area contributed by atoms with Crippen molar-refractivity contribution in [1.82, 2.24) is 25.4 Å². The van der Waals surface area contributed by atoms with Gasteiger partial charge in [-0.3, -0.25) is 4.98 Å². The SMILES string of the molecule is CCc1ccc(C(N=O)(C2=CC=C(F)CN2)c2cc(-c3c(C)noc3C)cc3[nH]c(C)nc23)nc1. The number of H-pyrrole nitrogens is 1. The molecule has 4 heterocycles. The van der Waals surface area contributed by atoms with Gasteiger partial charge in [0.2, 0.25) is 5.54 Å². The van der Waals surface area contributed by atoms with Gasteiger partial charge in [-0.25, -0.2) is 9.37 Å². The van der Waals surface area contributed by atoms with E-state index in [1.807, 2.05) is 45.9 Å². The first-order chi connectivity index (χ1) is 16.9. The van der Waals surface area contributed by atoms with Crippen LogP contribution in [0.5, 0.6) is 0 Å². The van der Waals surface area contributed by atoms with Gasteiger partial charge >= 0.3 is 0 Å². The maximum absolute atomic E-state index is 13.9. The highest BCUT2D eigenvalue weighted by Gasteiger charge is 2.45. The van der Waals surface area contributed by atoms with Gasteiger partial charge in [0.05, 0.1) is 34.7 Å². The zero-order valence-electron chi connectivity index (χ0n) is 19.9. The Hall–Kier alpha value is -4.14. The van der Waals surface area contributed by atoms with Crippen LogP contribution in [0.15, 0.2) is 63.8 Å². The van der Waals surface area contributed by atoms with Gasteiger partial charge in [-0.1, -0.05) is 18.1 Å².